The van der Waals surface area contributed by atoms with Crippen molar-refractivity contribution in [2.75, 3.05) is 0 Å². The number of oxazole rings is 1. The lowest BCUT2D eigenvalue weighted by Gasteiger charge is -2.00. The van der Waals surface area contributed by atoms with E-state index in [9.17, 15) is 0 Å². The van der Waals surface area contributed by atoms with Gasteiger partial charge in [-0.2, -0.15) is 4.98 Å². The van der Waals surface area contributed by atoms with Crippen LogP contribution in [0.4, 0.5) is 0 Å². The van der Waals surface area contributed by atoms with E-state index in [1.54, 1.807) is 6.20 Å². The predicted molar refractivity (Wildman–Crippen MR) is 85.7 cm³/mol. The number of para-hydroxylation sites is 2. The number of hydrogen-bond acceptors (Lipinski definition) is 3. The molecule has 2 aromatic carbocycles. The van der Waals surface area contributed by atoms with Crippen molar-refractivity contribution in [3.8, 4) is 11.3 Å². The molecule has 3 aromatic heterocycles. The molecule has 0 aliphatic heterocycles. The van der Waals surface area contributed by atoms with E-state index in [1.807, 2.05) is 48.5 Å². The molecular formula is C18H11N3O. The molecule has 0 saturated carbocycles. The minimum atomic E-state index is 0.620. The highest BCUT2D eigenvalue weighted by atomic mass is 16.4. The molecule has 0 radical (unpaired) electrons. The van der Waals surface area contributed by atoms with Gasteiger partial charge in [-0.3, -0.25) is 9.38 Å². The lowest BCUT2D eigenvalue weighted by molar-refractivity contribution is 0.643. The topological polar surface area (TPSA) is 43.3 Å². The summed E-state index contributed by atoms with van der Waals surface area (Å²) in [6.07, 6.45) is 1.80. The van der Waals surface area contributed by atoms with E-state index >= 15 is 0 Å². The van der Waals surface area contributed by atoms with Crippen molar-refractivity contribution in [1.29, 1.82) is 0 Å². The summed E-state index contributed by atoms with van der Waals surface area (Å²) in [5.41, 5.74) is 5.83. The summed E-state index contributed by atoms with van der Waals surface area (Å²) in [5.74, 6) is 0.620. The molecule has 0 aliphatic carbocycles. The first-order chi connectivity index (χ1) is 10.9. The number of fused-ring (bicyclic) bond motifs is 5. The van der Waals surface area contributed by atoms with Crippen LogP contribution in [0.2, 0.25) is 0 Å². The predicted octanol–water partition coefficient (Wildman–Crippen LogP) is 4.30. The molecule has 3 heterocycles. The Morgan fingerprint density at radius 1 is 0.864 bits per heavy atom. The third-order valence-electron chi connectivity index (χ3n) is 3.89. The SMILES string of the molecule is c1ccc(-c2ccc3oc4nc5ccccc5n4c3c2)nc1. The highest BCUT2D eigenvalue weighted by Crippen LogP contribution is 2.28. The fourth-order valence-corrected chi connectivity index (χ4v) is 2.87. The molecule has 0 unspecified atom stereocenters. The number of nitrogens with zero attached hydrogens (tertiary/aromatic N) is 3. The van der Waals surface area contributed by atoms with Gasteiger partial charge in [-0.15, -0.1) is 0 Å². The molecule has 0 saturated heterocycles. The van der Waals surface area contributed by atoms with Gasteiger partial charge in [-0.05, 0) is 42.5 Å². The second kappa shape index (κ2) is 4.18. The summed E-state index contributed by atoms with van der Waals surface area (Å²) < 4.78 is 7.91. The number of hydrogen-bond donors (Lipinski definition) is 0. The maximum atomic E-state index is 5.86. The van der Waals surface area contributed by atoms with E-state index in [2.05, 4.69) is 26.5 Å². The Kier molecular flexibility index (Phi) is 2.19. The van der Waals surface area contributed by atoms with Gasteiger partial charge in [0.2, 0.25) is 0 Å². The number of pyridine rings is 1. The molecule has 0 N–H and O–H groups in total. The largest absolute Gasteiger partial charge is 0.423 e. The molecule has 0 amide bonds. The maximum Gasteiger partial charge on any atom is 0.307 e. The third-order valence-corrected chi connectivity index (χ3v) is 3.89. The van der Waals surface area contributed by atoms with Gasteiger partial charge in [0.1, 0.15) is 0 Å². The Morgan fingerprint density at radius 2 is 1.77 bits per heavy atom. The van der Waals surface area contributed by atoms with Crippen molar-refractivity contribution in [1.82, 2.24) is 14.4 Å². The summed E-state index contributed by atoms with van der Waals surface area (Å²) in [7, 11) is 0. The van der Waals surface area contributed by atoms with Gasteiger partial charge < -0.3 is 4.42 Å². The summed E-state index contributed by atoms with van der Waals surface area (Å²) in [4.78, 5) is 8.95. The van der Waals surface area contributed by atoms with Crippen LogP contribution in [0, 0.1) is 0 Å². The van der Waals surface area contributed by atoms with Crippen molar-refractivity contribution in [2.24, 2.45) is 0 Å². The number of rotatable bonds is 1. The highest BCUT2D eigenvalue weighted by Gasteiger charge is 2.13. The summed E-state index contributed by atoms with van der Waals surface area (Å²) in [5, 5.41) is 0. The average molecular weight is 285 g/mol. The first-order valence-corrected chi connectivity index (χ1v) is 7.11. The third kappa shape index (κ3) is 1.52. The van der Waals surface area contributed by atoms with E-state index < -0.39 is 0 Å². The van der Waals surface area contributed by atoms with Crippen LogP contribution in [-0.4, -0.2) is 14.4 Å². The zero-order valence-electron chi connectivity index (χ0n) is 11.6. The Hall–Kier alpha value is -3.14. The second-order valence-corrected chi connectivity index (χ2v) is 5.22. The molecular weight excluding hydrogens is 274 g/mol. The van der Waals surface area contributed by atoms with E-state index in [4.69, 9.17) is 4.42 Å². The summed E-state index contributed by atoms with van der Waals surface area (Å²) in [6, 6.07) is 20.1. The Balaban J connectivity index is 1.88. The van der Waals surface area contributed by atoms with Gasteiger partial charge in [0, 0.05) is 11.8 Å². The Labute approximate surface area is 125 Å². The lowest BCUT2D eigenvalue weighted by atomic mass is 10.1. The lowest BCUT2D eigenvalue weighted by Crippen LogP contribution is -1.84. The fraction of sp³-hybridized carbons (Fsp3) is 0. The van der Waals surface area contributed by atoms with Gasteiger partial charge in [-0.25, -0.2) is 0 Å². The molecule has 0 atom stereocenters. The standard InChI is InChI=1S/C18H11N3O/c1-2-7-15-14(6-1)20-18-21(15)16-11-12(8-9-17(16)22-18)13-5-3-4-10-19-13/h1-11H. The highest BCUT2D eigenvalue weighted by molar-refractivity contribution is 5.89. The van der Waals surface area contributed by atoms with Crippen LogP contribution in [0.25, 0.3) is 39.2 Å². The average Bonchev–Trinajstić information content (AvgIpc) is 3.10. The second-order valence-electron chi connectivity index (χ2n) is 5.22. The molecule has 0 spiro atoms. The van der Waals surface area contributed by atoms with Crippen LogP contribution in [0.15, 0.2) is 71.3 Å². The molecule has 104 valence electrons. The minimum absolute atomic E-state index is 0.620. The molecule has 5 aromatic rings. The van der Waals surface area contributed by atoms with Crippen molar-refractivity contribution < 1.29 is 4.42 Å². The van der Waals surface area contributed by atoms with Gasteiger partial charge in [0.05, 0.1) is 22.2 Å². The summed E-state index contributed by atoms with van der Waals surface area (Å²) >= 11 is 0. The smallest absolute Gasteiger partial charge is 0.307 e. The molecule has 4 nitrogen and oxygen atoms in total. The quantitative estimate of drug-likeness (QED) is 0.461. The van der Waals surface area contributed by atoms with E-state index in [0.29, 0.717) is 5.84 Å². The molecule has 4 heteroatoms. The Bertz CT molecular complexity index is 1120. The first kappa shape index (κ1) is 11.5. The van der Waals surface area contributed by atoms with E-state index in [-0.39, 0.29) is 0 Å². The molecule has 0 aliphatic rings. The van der Waals surface area contributed by atoms with Crippen LogP contribution < -0.4 is 0 Å². The van der Waals surface area contributed by atoms with E-state index in [1.165, 1.54) is 0 Å². The zero-order valence-corrected chi connectivity index (χ0v) is 11.6. The number of aromatic nitrogens is 3. The van der Waals surface area contributed by atoms with Gasteiger partial charge >= 0.3 is 5.84 Å². The van der Waals surface area contributed by atoms with Crippen LogP contribution >= 0.6 is 0 Å². The minimum Gasteiger partial charge on any atom is -0.423 e. The van der Waals surface area contributed by atoms with Crippen LogP contribution in [0.1, 0.15) is 0 Å². The van der Waals surface area contributed by atoms with Crippen LogP contribution in [0.3, 0.4) is 0 Å². The van der Waals surface area contributed by atoms with Gasteiger partial charge in [-0.1, -0.05) is 18.2 Å². The maximum absolute atomic E-state index is 5.86. The summed E-state index contributed by atoms with van der Waals surface area (Å²) in [6.45, 7) is 0. The zero-order chi connectivity index (χ0) is 14.5. The van der Waals surface area contributed by atoms with Gasteiger partial charge in [0.15, 0.2) is 5.58 Å². The van der Waals surface area contributed by atoms with Gasteiger partial charge in [0.25, 0.3) is 0 Å². The van der Waals surface area contributed by atoms with Crippen LogP contribution in [-0.2, 0) is 0 Å². The first-order valence-electron chi connectivity index (χ1n) is 7.11. The number of imidazole rings is 1. The van der Waals surface area contributed by atoms with Crippen LogP contribution in [0.5, 0.6) is 0 Å². The molecule has 0 bridgehead atoms. The molecule has 5 rings (SSSR count). The van der Waals surface area contributed by atoms with Crippen molar-refractivity contribution >= 4 is 28.0 Å². The monoisotopic (exact) mass is 285 g/mol. The van der Waals surface area contributed by atoms with Crippen molar-refractivity contribution in [2.45, 2.75) is 0 Å². The van der Waals surface area contributed by atoms with Crippen molar-refractivity contribution in [3.05, 3.63) is 66.9 Å². The number of benzene rings is 2. The van der Waals surface area contributed by atoms with E-state index in [0.717, 1.165) is 33.4 Å². The molecule has 0 fully saturated rings. The van der Waals surface area contributed by atoms with Crippen molar-refractivity contribution in [3.63, 3.8) is 0 Å². The fourth-order valence-electron chi connectivity index (χ4n) is 2.87. The molecule has 22 heavy (non-hydrogen) atoms. The normalized spacial score (nSPS) is 11.6. The Morgan fingerprint density at radius 3 is 2.68 bits per heavy atom.